The van der Waals surface area contributed by atoms with E-state index in [1.807, 2.05) is 30.5 Å². The largest absolute Gasteiger partial charge is 0.340 e. The molecule has 2 amide bonds. The molecule has 2 aliphatic rings. The van der Waals surface area contributed by atoms with Crippen LogP contribution in [-0.2, 0) is 19.6 Å². The molecule has 0 N–H and O–H groups in total. The Balaban J connectivity index is 1.40. The first-order valence-electron chi connectivity index (χ1n) is 10.3. The summed E-state index contributed by atoms with van der Waals surface area (Å²) in [7, 11) is -3.72. The molecule has 4 rings (SSSR count). The number of sulfonamides is 1. The van der Waals surface area contributed by atoms with Gasteiger partial charge in [-0.05, 0) is 36.6 Å². The Morgan fingerprint density at radius 3 is 2.47 bits per heavy atom. The molecule has 0 aromatic heterocycles. The second kappa shape index (κ2) is 9.43. The van der Waals surface area contributed by atoms with Crippen molar-refractivity contribution < 1.29 is 18.0 Å². The van der Waals surface area contributed by atoms with Crippen LogP contribution in [0.1, 0.15) is 6.42 Å². The Bertz CT molecular complexity index is 1130. The van der Waals surface area contributed by atoms with Gasteiger partial charge in [0.05, 0.1) is 10.9 Å². The minimum atomic E-state index is -3.72. The smallest absolute Gasteiger partial charge is 0.244 e. The molecule has 2 saturated heterocycles. The number of benzene rings is 2. The van der Waals surface area contributed by atoms with Gasteiger partial charge in [0.2, 0.25) is 21.8 Å². The van der Waals surface area contributed by atoms with E-state index in [9.17, 15) is 18.0 Å². The average Bonchev–Trinajstić information content (AvgIpc) is 3.20. The van der Waals surface area contributed by atoms with Crippen LogP contribution in [0.5, 0.6) is 0 Å². The summed E-state index contributed by atoms with van der Waals surface area (Å²) in [5, 5.41) is 0.182. The maximum absolute atomic E-state index is 13.1. The van der Waals surface area contributed by atoms with Gasteiger partial charge in [-0.1, -0.05) is 29.8 Å². The highest BCUT2D eigenvalue weighted by atomic mass is 35.5. The SMILES string of the molecule is CSc1cccc(N2C[C@@H](C(=O)N3CCN(S(=O)(=O)c4ccccc4Cl)CC3)CC2=O)c1. The zero-order valence-electron chi connectivity index (χ0n) is 17.6. The van der Waals surface area contributed by atoms with E-state index in [0.717, 1.165) is 10.6 Å². The van der Waals surface area contributed by atoms with Gasteiger partial charge in [0.25, 0.3) is 0 Å². The normalized spacial score (nSPS) is 20.1. The van der Waals surface area contributed by atoms with E-state index >= 15 is 0 Å². The van der Waals surface area contributed by atoms with Crippen LogP contribution >= 0.6 is 23.4 Å². The van der Waals surface area contributed by atoms with Crippen LogP contribution < -0.4 is 4.90 Å². The van der Waals surface area contributed by atoms with Crippen LogP contribution in [0, 0.1) is 5.92 Å². The minimum absolute atomic E-state index is 0.0680. The first-order chi connectivity index (χ1) is 15.3. The van der Waals surface area contributed by atoms with Gasteiger partial charge in [0.15, 0.2) is 0 Å². The first kappa shape index (κ1) is 23.1. The molecule has 10 heteroatoms. The van der Waals surface area contributed by atoms with Crippen molar-refractivity contribution in [1.29, 1.82) is 0 Å². The number of anilines is 1. The topological polar surface area (TPSA) is 78.0 Å². The molecule has 2 aromatic rings. The summed E-state index contributed by atoms with van der Waals surface area (Å²) in [6, 6.07) is 14.1. The number of nitrogens with zero attached hydrogens (tertiary/aromatic N) is 3. The summed E-state index contributed by atoms with van der Waals surface area (Å²) in [5.41, 5.74) is 0.799. The Morgan fingerprint density at radius 2 is 1.78 bits per heavy atom. The fourth-order valence-corrected chi connectivity index (χ4v) is 6.47. The van der Waals surface area contributed by atoms with Gasteiger partial charge in [-0.2, -0.15) is 4.31 Å². The van der Waals surface area contributed by atoms with Crippen molar-refractivity contribution in [2.75, 3.05) is 43.9 Å². The maximum atomic E-state index is 13.1. The highest BCUT2D eigenvalue weighted by molar-refractivity contribution is 7.98. The molecular weight excluding hydrogens is 470 g/mol. The third kappa shape index (κ3) is 4.52. The van der Waals surface area contributed by atoms with Crippen LogP contribution in [-0.4, -0.2) is 68.4 Å². The van der Waals surface area contributed by atoms with Crippen molar-refractivity contribution in [3.05, 3.63) is 53.6 Å². The van der Waals surface area contributed by atoms with Crippen LogP contribution in [0.2, 0.25) is 5.02 Å². The molecule has 32 heavy (non-hydrogen) atoms. The van der Waals surface area contributed by atoms with Crippen LogP contribution in [0.4, 0.5) is 5.69 Å². The lowest BCUT2D eigenvalue weighted by molar-refractivity contribution is -0.136. The van der Waals surface area contributed by atoms with Gasteiger partial charge in [-0.15, -0.1) is 11.8 Å². The lowest BCUT2D eigenvalue weighted by Crippen LogP contribution is -2.52. The number of hydrogen-bond acceptors (Lipinski definition) is 5. The number of amides is 2. The molecule has 7 nitrogen and oxygen atoms in total. The van der Waals surface area contributed by atoms with Gasteiger partial charge < -0.3 is 9.80 Å². The second-order valence-corrected chi connectivity index (χ2v) is 11.0. The molecule has 0 spiro atoms. The van der Waals surface area contributed by atoms with Crippen LogP contribution in [0.25, 0.3) is 0 Å². The molecule has 170 valence electrons. The molecule has 0 saturated carbocycles. The summed E-state index contributed by atoms with van der Waals surface area (Å²) in [6.07, 6.45) is 2.14. The number of rotatable bonds is 5. The Morgan fingerprint density at radius 1 is 1.06 bits per heavy atom. The van der Waals surface area contributed by atoms with Gasteiger partial charge in [0, 0.05) is 49.7 Å². The maximum Gasteiger partial charge on any atom is 0.244 e. The zero-order valence-corrected chi connectivity index (χ0v) is 20.0. The highest BCUT2D eigenvalue weighted by Crippen LogP contribution is 2.30. The fraction of sp³-hybridized carbons (Fsp3) is 0.364. The molecule has 2 aliphatic heterocycles. The van der Waals surface area contributed by atoms with Gasteiger partial charge in [-0.3, -0.25) is 9.59 Å². The molecule has 0 bridgehead atoms. The summed E-state index contributed by atoms with van der Waals surface area (Å²) in [6.45, 7) is 1.30. The molecule has 0 unspecified atom stereocenters. The van der Waals surface area contributed by atoms with Crippen molar-refractivity contribution in [2.24, 2.45) is 5.92 Å². The van der Waals surface area contributed by atoms with Gasteiger partial charge in [-0.25, -0.2) is 8.42 Å². The minimum Gasteiger partial charge on any atom is -0.340 e. The Kier molecular flexibility index (Phi) is 6.80. The number of hydrogen-bond donors (Lipinski definition) is 0. The monoisotopic (exact) mass is 493 g/mol. The highest BCUT2D eigenvalue weighted by Gasteiger charge is 2.39. The van der Waals surface area contributed by atoms with Crippen LogP contribution in [0.15, 0.2) is 58.3 Å². The average molecular weight is 494 g/mol. The third-order valence-corrected chi connectivity index (χ3v) is 8.97. The Hall–Kier alpha value is -2.07. The third-order valence-electron chi connectivity index (χ3n) is 5.84. The van der Waals surface area contributed by atoms with Crippen molar-refractivity contribution >= 4 is 50.9 Å². The predicted octanol–water partition coefficient (Wildman–Crippen LogP) is 2.95. The number of carbonyl (C=O) groups excluding carboxylic acids is 2. The molecule has 0 aliphatic carbocycles. The van der Waals surface area contributed by atoms with E-state index in [0.29, 0.717) is 6.54 Å². The standard InChI is InChI=1S/C22H24ClN3O4S2/c1-31-18-6-4-5-17(14-18)26-15-16(13-21(26)27)22(28)24-9-11-25(12-10-24)32(29,30)20-8-3-2-7-19(20)23/h2-8,14,16H,9-13,15H2,1H3/t16-/m0/s1. The quantitative estimate of drug-likeness (QED) is 0.598. The van der Waals surface area contributed by atoms with Crippen molar-refractivity contribution in [3.8, 4) is 0 Å². The van der Waals surface area contributed by atoms with E-state index < -0.39 is 15.9 Å². The van der Waals surface area contributed by atoms with Gasteiger partial charge >= 0.3 is 0 Å². The molecule has 0 radical (unpaired) electrons. The first-order valence-corrected chi connectivity index (χ1v) is 13.3. The molecular formula is C22H24ClN3O4S2. The van der Waals surface area contributed by atoms with Gasteiger partial charge in [0.1, 0.15) is 4.90 Å². The number of thioether (sulfide) groups is 1. The Labute approximate surface area is 197 Å². The number of halogens is 1. The molecule has 2 aromatic carbocycles. The fourth-order valence-electron chi connectivity index (χ4n) is 4.10. The van der Waals surface area contributed by atoms with Crippen molar-refractivity contribution in [2.45, 2.75) is 16.2 Å². The lowest BCUT2D eigenvalue weighted by Gasteiger charge is -2.35. The van der Waals surface area contributed by atoms with E-state index in [-0.39, 0.29) is 54.3 Å². The second-order valence-electron chi connectivity index (χ2n) is 7.77. The zero-order chi connectivity index (χ0) is 22.9. The number of piperazine rings is 1. The summed E-state index contributed by atoms with van der Waals surface area (Å²) >= 11 is 7.68. The predicted molar refractivity (Wildman–Crippen MR) is 125 cm³/mol. The molecule has 2 heterocycles. The van der Waals surface area contributed by atoms with Crippen molar-refractivity contribution in [1.82, 2.24) is 9.21 Å². The van der Waals surface area contributed by atoms with E-state index in [1.165, 1.54) is 10.4 Å². The summed E-state index contributed by atoms with van der Waals surface area (Å²) < 4.78 is 27.2. The summed E-state index contributed by atoms with van der Waals surface area (Å²) in [4.78, 5) is 30.1. The van der Waals surface area contributed by atoms with E-state index in [4.69, 9.17) is 11.6 Å². The van der Waals surface area contributed by atoms with Crippen LogP contribution in [0.3, 0.4) is 0 Å². The van der Waals surface area contributed by atoms with Crippen molar-refractivity contribution in [3.63, 3.8) is 0 Å². The lowest BCUT2D eigenvalue weighted by atomic mass is 10.1. The summed E-state index contributed by atoms with van der Waals surface area (Å²) in [5.74, 6) is -0.592. The molecule has 1 atom stereocenters. The number of carbonyl (C=O) groups is 2. The molecule has 2 fully saturated rings. The van der Waals surface area contributed by atoms with E-state index in [2.05, 4.69) is 0 Å². The van der Waals surface area contributed by atoms with E-state index in [1.54, 1.807) is 39.8 Å².